The molecule has 0 aromatic heterocycles. The van der Waals surface area contributed by atoms with Crippen molar-refractivity contribution >= 4 is 11.9 Å². The normalized spacial score (nSPS) is 14.5. The van der Waals surface area contributed by atoms with Crippen molar-refractivity contribution in [2.24, 2.45) is 11.7 Å². The van der Waals surface area contributed by atoms with Gasteiger partial charge < -0.3 is 21.3 Å². The van der Waals surface area contributed by atoms with Crippen molar-refractivity contribution in [1.29, 1.82) is 0 Å². The molecule has 0 saturated carbocycles. The Bertz CT molecular complexity index is 208. The molecule has 0 radical (unpaired) electrons. The maximum atomic E-state index is 11.3. The molecule has 6 nitrogen and oxygen atoms in total. The number of carboxylic acids is 1. The van der Waals surface area contributed by atoms with Crippen molar-refractivity contribution in [3.63, 3.8) is 0 Å². The second-order valence-corrected chi connectivity index (χ2v) is 3.06. The molecule has 5 N–H and O–H groups in total. The SMILES string of the molecule is CC(CCN)C(=O)N[C@H](CO)C(=O)O. The molecule has 0 spiro atoms. The van der Waals surface area contributed by atoms with Gasteiger partial charge in [-0.2, -0.15) is 0 Å². The Morgan fingerprint density at radius 3 is 2.43 bits per heavy atom. The molecule has 0 aromatic carbocycles. The minimum absolute atomic E-state index is 0.339. The predicted molar refractivity (Wildman–Crippen MR) is 49.5 cm³/mol. The minimum Gasteiger partial charge on any atom is -0.480 e. The Morgan fingerprint density at radius 2 is 2.07 bits per heavy atom. The van der Waals surface area contributed by atoms with Crippen LogP contribution in [0.4, 0.5) is 0 Å². The predicted octanol–water partition coefficient (Wildman–Crippen LogP) is -1.47. The largest absolute Gasteiger partial charge is 0.480 e. The summed E-state index contributed by atoms with van der Waals surface area (Å²) in [5, 5.41) is 19.4. The first-order chi connectivity index (χ1) is 6.52. The molecule has 0 aliphatic rings. The lowest BCUT2D eigenvalue weighted by atomic mass is 10.1. The Morgan fingerprint density at radius 1 is 1.50 bits per heavy atom. The molecule has 1 amide bonds. The van der Waals surface area contributed by atoms with Crippen molar-refractivity contribution in [1.82, 2.24) is 5.32 Å². The molecule has 0 fully saturated rings. The van der Waals surface area contributed by atoms with Crippen LogP contribution in [-0.4, -0.2) is 41.3 Å². The molecule has 0 aromatic rings. The lowest BCUT2D eigenvalue weighted by molar-refractivity contribution is -0.143. The number of carbonyl (C=O) groups excluding carboxylic acids is 1. The number of aliphatic hydroxyl groups excluding tert-OH is 1. The van der Waals surface area contributed by atoms with Crippen LogP contribution in [0.2, 0.25) is 0 Å². The number of nitrogens with two attached hydrogens (primary N) is 1. The van der Waals surface area contributed by atoms with Gasteiger partial charge in [0.05, 0.1) is 6.61 Å². The van der Waals surface area contributed by atoms with Crippen LogP contribution in [0.3, 0.4) is 0 Å². The molecule has 14 heavy (non-hydrogen) atoms. The summed E-state index contributed by atoms with van der Waals surface area (Å²) in [5.41, 5.74) is 5.24. The summed E-state index contributed by atoms with van der Waals surface area (Å²) >= 11 is 0. The van der Waals surface area contributed by atoms with Crippen LogP contribution in [-0.2, 0) is 9.59 Å². The monoisotopic (exact) mass is 204 g/mol. The van der Waals surface area contributed by atoms with E-state index >= 15 is 0 Å². The summed E-state index contributed by atoms with van der Waals surface area (Å²) in [5.74, 6) is -1.99. The van der Waals surface area contributed by atoms with Gasteiger partial charge in [0.2, 0.25) is 5.91 Å². The first kappa shape index (κ1) is 12.9. The van der Waals surface area contributed by atoms with E-state index in [4.69, 9.17) is 15.9 Å². The number of rotatable bonds is 6. The summed E-state index contributed by atoms with van der Waals surface area (Å²) < 4.78 is 0. The first-order valence-electron chi connectivity index (χ1n) is 4.37. The van der Waals surface area contributed by atoms with E-state index in [0.29, 0.717) is 13.0 Å². The van der Waals surface area contributed by atoms with Crippen molar-refractivity contribution in [3.8, 4) is 0 Å². The van der Waals surface area contributed by atoms with E-state index in [9.17, 15) is 9.59 Å². The highest BCUT2D eigenvalue weighted by atomic mass is 16.4. The Labute approximate surface area is 82.1 Å². The topological polar surface area (TPSA) is 113 Å². The fraction of sp³-hybridized carbons (Fsp3) is 0.750. The number of nitrogens with one attached hydrogen (secondary N) is 1. The van der Waals surface area contributed by atoms with E-state index in [1.807, 2.05) is 0 Å². The summed E-state index contributed by atoms with van der Waals surface area (Å²) in [6.07, 6.45) is 0.490. The van der Waals surface area contributed by atoms with Crippen LogP contribution in [0.15, 0.2) is 0 Å². The van der Waals surface area contributed by atoms with Gasteiger partial charge in [-0.3, -0.25) is 4.79 Å². The highest BCUT2D eigenvalue weighted by Gasteiger charge is 2.21. The number of amides is 1. The molecule has 6 heteroatoms. The highest BCUT2D eigenvalue weighted by molar-refractivity contribution is 5.84. The molecule has 82 valence electrons. The molecule has 0 bridgehead atoms. The van der Waals surface area contributed by atoms with E-state index in [-0.39, 0.29) is 5.92 Å². The fourth-order valence-electron chi connectivity index (χ4n) is 0.881. The van der Waals surface area contributed by atoms with Crippen LogP contribution in [0.1, 0.15) is 13.3 Å². The second kappa shape index (κ2) is 6.33. The number of carboxylic acid groups (broad SMARTS) is 1. The van der Waals surface area contributed by atoms with Crippen LogP contribution in [0.25, 0.3) is 0 Å². The van der Waals surface area contributed by atoms with Gasteiger partial charge in [-0.1, -0.05) is 6.92 Å². The van der Waals surface area contributed by atoms with Gasteiger partial charge in [-0.15, -0.1) is 0 Å². The lowest BCUT2D eigenvalue weighted by Gasteiger charge is -2.15. The van der Waals surface area contributed by atoms with Gasteiger partial charge in [0, 0.05) is 5.92 Å². The second-order valence-electron chi connectivity index (χ2n) is 3.06. The molecule has 0 heterocycles. The summed E-state index contributed by atoms with van der Waals surface area (Å²) in [6.45, 7) is 1.40. The number of carbonyl (C=O) groups is 2. The van der Waals surface area contributed by atoms with Crippen LogP contribution >= 0.6 is 0 Å². The van der Waals surface area contributed by atoms with Crippen molar-refractivity contribution in [2.75, 3.05) is 13.2 Å². The van der Waals surface area contributed by atoms with Gasteiger partial charge in [0.1, 0.15) is 6.04 Å². The Balaban J connectivity index is 4.08. The first-order valence-corrected chi connectivity index (χ1v) is 4.37. The molecular formula is C8H16N2O4. The molecule has 0 aliphatic heterocycles. The van der Waals surface area contributed by atoms with E-state index in [1.54, 1.807) is 6.92 Å². The molecule has 0 saturated heterocycles. The minimum atomic E-state index is -1.25. The summed E-state index contributed by atoms with van der Waals surface area (Å²) in [7, 11) is 0. The van der Waals surface area contributed by atoms with Gasteiger partial charge in [-0.05, 0) is 13.0 Å². The maximum absolute atomic E-state index is 11.3. The molecular weight excluding hydrogens is 188 g/mol. The number of aliphatic hydroxyl groups is 1. The Kier molecular flexibility index (Phi) is 5.82. The smallest absolute Gasteiger partial charge is 0.328 e. The van der Waals surface area contributed by atoms with Gasteiger partial charge >= 0.3 is 5.97 Å². The van der Waals surface area contributed by atoms with E-state index in [2.05, 4.69) is 5.32 Å². The molecule has 1 unspecified atom stereocenters. The third-order valence-electron chi connectivity index (χ3n) is 1.84. The van der Waals surface area contributed by atoms with Crippen molar-refractivity contribution < 1.29 is 19.8 Å². The number of hydrogen-bond donors (Lipinski definition) is 4. The van der Waals surface area contributed by atoms with Crippen molar-refractivity contribution in [3.05, 3.63) is 0 Å². The average molecular weight is 204 g/mol. The standard InChI is InChI=1S/C8H16N2O4/c1-5(2-3-9)7(12)10-6(4-11)8(13)14/h5-6,11H,2-4,9H2,1H3,(H,10,12)(H,13,14)/t5?,6-/m1/s1. The molecule has 0 aliphatic carbocycles. The highest BCUT2D eigenvalue weighted by Crippen LogP contribution is 2.00. The average Bonchev–Trinajstić information content (AvgIpc) is 2.13. The zero-order valence-corrected chi connectivity index (χ0v) is 8.06. The van der Waals surface area contributed by atoms with Crippen LogP contribution < -0.4 is 11.1 Å². The third-order valence-corrected chi connectivity index (χ3v) is 1.84. The quantitative estimate of drug-likeness (QED) is 0.422. The Hall–Kier alpha value is -1.14. The lowest BCUT2D eigenvalue weighted by Crippen LogP contribution is -2.45. The zero-order valence-electron chi connectivity index (χ0n) is 8.06. The van der Waals surface area contributed by atoms with E-state index in [1.165, 1.54) is 0 Å². The van der Waals surface area contributed by atoms with Crippen LogP contribution in [0.5, 0.6) is 0 Å². The van der Waals surface area contributed by atoms with Gasteiger partial charge in [0.25, 0.3) is 0 Å². The summed E-state index contributed by atoms with van der Waals surface area (Å²) in [4.78, 5) is 21.7. The maximum Gasteiger partial charge on any atom is 0.328 e. The number of aliphatic carboxylic acids is 1. The number of hydrogen-bond acceptors (Lipinski definition) is 4. The summed E-state index contributed by atoms with van der Waals surface area (Å²) in [6, 6.07) is -1.23. The molecule has 0 rings (SSSR count). The van der Waals surface area contributed by atoms with E-state index in [0.717, 1.165) is 0 Å². The van der Waals surface area contributed by atoms with Gasteiger partial charge in [0.15, 0.2) is 0 Å². The zero-order chi connectivity index (χ0) is 11.1. The van der Waals surface area contributed by atoms with E-state index < -0.39 is 24.5 Å². The third kappa shape index (κ3) is 4.20. The van der Waals surface area contributed by atoms with Crippen LogP contribution in [0, 0.1) is 5.92 Å². The fourth-order valence-corrected chi connectivity index (χ4v) is 0.881. The molecule has 2 atom stereocenters. The van der Waals surface area contributed by atoms with Crippen molar-refractivity contribution in [2.45, 2.75) is 19.4 Å². The van der Waals surface area contributed by atoms with Gasteiger partial charge in [-0.25, -0.2) is 4.79 Å².